The SMILES string of the molecule is CCOC(=O)C(=N)c1ccc(Br)nc1. The maximum atomic E-state index is 11.1. The largest absolute Gasteiger partial charge is 0.461 e. The Morgan fingerprint density at radius 1 is 1.64 bits per heavy atom. The summed E-state index contributed by atoms with van der Waals surface area (Å²) < 4.78 is 5.35. The number of nitrogens with one attached hydrogen (secondary N) is 1. The van der Waals surface area contributed by atoms with Gasteiger partial charge in [0, 0.05) is 11.8 Å². The van der Waals surface area contributed by atoms with Crippen LogP contribution < -0.4 is 0 Å². The number of pyridine rings is 1. The fourth-order valence-electron chi connectivity index (χ4n) is 0.845. The minimum atomic E-state index is -0.628. The van der Waals surface area contributed by atoms with Crippen molar-refractivity contribution in [3.63, 3.8) is 0 Å². The molecule has 0 saturated heterocycles. The summed E-state index contributed by atoms with van der Waals surface area (Å²) >= 11 is 3.16. The van der Waals surface area contributed by atoms with Gasteiger partial charge in [0.15, 0.2) is 0 Å². The molecule has 0 spiro atoms. The highest BCUT2D eigenvalue weighted by Gasteiger charge is 2.12. The lowest BCUT2D eigenvalue weighted by atomic mass is 10.2. The third kappa shape index (κ3) is 2.63. The van der Waals surface area contributed by atoms with E-state index in [9.17, 15) is 4.79 Å². The van der Waals surface area contributed by atoms with Crippen molar-refractivity contribution in [1.29, 1.82) is 5.41 Å². The van der Waals surface area contributed by atoms with E-state index in [1.165, 1.54) is 6.20 Å². The first-order chi connectivity index (χ1) is 6.65. The van der Waals surface area contributed by atoms with Gasteiger partial charge < -0.3 is 4.74 Å². The van der Waals surface area contributed by atoms with Crippen LogP contribution in [0.5, 0.6) is 0 Å². The number of halogens is 1. The van der Waals surface area contributed by atoms with Crippen molar-refractivity contribution < 1.29 is 9.53 Å². The van der Waals surface area contributed by atoms with E-state index in [4.69, 9.17) is 5.41 Å². The molecule has 1 heterocycles. The van der Waals surface area contributed by atoms with E-state index in [2.05, 4.69) is 25.7 Å². The zero-order valence-electron chi connectivity index (χ0n) is 7.58. The molecule has 1 N–H and O–H groups in total. The van der Waals surface area contributed by atoms with Gasteiger partial charge in [-0.1, -0.05) is 0 Å². The molecule has 74 valence electrons. The Balaban J connectivity index is 2.79. The second-order valence-corrected chi connectivity index (χ2v) is 3.28. The molecule has 1 rings (SSSR count). The molecule has 0 aliphatic heterocycles. The van der Waals surface area contributed by atoms with Crippen LogP contribution in [0, 0.1) is 5.41 Å². The van der Waals surface area contributed by atoms with Gasteiger partial charge in [-0.2, -0.15) is 0 Å². The minimum absolute atomic E-state index is 0.174. The molecule has 0 aromatic carbocycles. The van der Waals surface area contributed by atoms with Gasteiger partial charge in [-0.15, -0.1) is 0 Å². The summed E-state index contributed by atoms with van der Waals surface area (Å²) in [6.45, 7) is 1.97. The summed E-state index contributed by atoms with van der Waals surface area (Å²) in [6.07, 6.45) is 1.45. The van der Waals surface area contributed by atoms with Crippen molar-refractivity contribution in [3.05, 3.63) is 28.5 Å². The Kier molecular flexibility index (Phi) is 3.76. The molecule has 0 bridgehead atoms. The molecule has 1 aromatic rings. The van der Waals surface area contributed by atoms with Gasteiger partial charge in [-0.25, -0.2) is 9.78 Å². The first-order valence-corrected chi connectivity index (χ1v) is 4.82. The molecule has 0 saturated carbocycles. The smallest absolute Gasteiger partial charge is 0.356 e. The zero-order chi connectivity index (χ0) is 10.6. The maximum absolute atomic E-state index is 11.1. The molecule has 0 fully saturated rings. The zero-order valence-corrected chi connectivity index (χ0v) is 9.17. The Morgan fingerprint density at radius 3 is 2.86 bits per heavy atom. The molecule has 4 nitrogen and oxygen atoms in total. The van der Waals surface area contributed by atoms with Crippen molar-refractivity contribution >= 4 is 27.6 Å². The second-order valence-electron chi connectivity index (χ2n) is 2.47. The Bertz CT molecular complexity index is 348. The third-order valence-corrected chi connectivity index (χ3v) is 1.96. The van der Waals surface area contributed by atoms with E-state index in [0.29, 0.717) is 10.2 Å². The molecule has 0 atom stereocenters. The number of hydrogen-bond donors (Lipinski definition) is 1. The topological polar surface area (TPSA) is 63.0 Å². The quantitative estimate of drug-likeness (QED) is 0.510. The Labute approximate surface area is 89.9 Å². The molecular formula is C9H9BrN2O2. The van der Waals surface area contributed by atoms with E-state index in [1.807, 2.05) is 0 Å². The number of ether oxygens (including phenoxy) is 1. The normalized spacial score (nSPS) is 9.57. The standard InChI is InChI=1S/C9H9BrN2O2/c1-2-14-9(13)8(11)6-3-4-7(10)12-5-6/h3-5,11H,2H2,1H3. The Morgan fingerprint density at radius 2 is 2.36 bits per heavy atom. The van der Waals surface area contributed by atoms with Gasteiger partial charge in [-0.05, 0) is 35.0 Å². The summed E-state index contributed by atoms with van der Waals surface area (Å²) in [6, 6.07) is 3.30. The molecule has 0 amide bonds. The molecule has 1 aromatic heterocycles. The van der Waals surface area contributed by atoms with Crippen LogP contribution in [-0.2, 0) is 9.53 Å². The van der Waals surface area contributed by atoms with Crippen LogP contribution in [0.2, 0.25) is 0 Å². The van der Waals surface area contributed by atoms with Crippen molar-refractivity contribution in [3.8, 4) is 0 Å². The Hall–Kier alpha value is -1.23. The number of carbonyl (C=O) groups excluding carboxylic acids is 1. The fourth-order valence-corrected chi connectivity index (χ4v) is 1.08. The molecule has 0 aliphatic carbocycles. The molecule has 0 aliphatic rings. The minimum Gasteiger partial charge on any atom is -0.461 e. The highest BCUT2D eigenvalue weighted by atomic mass is 79.9. The first kappa shape index (κ1) is 10.8. The van der Waals surface area contributed by atoms with E-state index < -0.39 is 5.97 Å². The van der Waals surface area contributed by atoms with Gasteiger partial charge in [0.25, 0.3) is 0 Å². The van der Waals surface area contributed by atoms with Gasteiger partial charge in [0.05, 0.1) is 6.61 Å². The van der Waals surface area contributed by atoms with Crippen LogP contribution in [0.25, 0.3) is 0 Å². The van der Waals surface area contributed by atoms with E-state index in [-0.39, 0.29) is 12.3 Å². The van der Waals surface area contributed by atoms with Crippen LogP contribution in [0.4, 0.5) is 0 Å². The number of rotatable bonds is 3. The lowest BCUT2D eigenvalue weighted by Crippen LogP contribution is -2.17. The highest BCUT2D eigenvalue weighted by molar-refractivity contribution is 9.10. The predicted octanol–water partition coefficient (Wildman–Crippen LogP) is 1.78. The molecule has 0 radical (unpaired) electrons. The maximum Gasteiger partial charge on any atom is 0.356 e. The average molecular weight is 257 g/mol. The van der Waals surface area contributed by atoms with E-state index >= 15 is 0 Å². The van der Waals surface area contributed by atoms with Gasteiger partial charge in [-0.3, -0.25) is 5.41 Å². The highest BCUT2D eigenvalue weighted by Crippen LogP contribution is 2.07. The van der Waals surface area contributed by atoms with Crippen LogP contribution in [0.3, 0.4) is 0 Å². The molecule has 0 unspecified atom stereocenters. The summed E-state index contributed by atoms with van der Waals surface area (Å²) in [5, 5.41) is 7.48. The monoisotopic (exact) mass is 256 g/mol. The van der Waals surface area contributed by atoms with E-state index in [1.54, 1.807) is 19.1 Å². The number of esters is 1. The van der Waals surface area contributed by atoms with Gasteiger partial charge >= 0.3 is 5.97 Å². The van der Waals surface area contributed by atoms with Crippen LogP contribution >= 0.6 is 15.9 Å². The van der Waals surface area contributed by atoms with Crippen molar-refractivity contribution in [1.82, 2.24) is 4.98 Å². The molecular weight excluding hydrogens is 248 g/mol. The number of carbonyl (C=O) groups is 1. The summed E-state index contributed by atoms with van der Waals surface area (Å²) in [5.74, 6) is -0.628. The van der Waals surface area contributed by atoms with Crippen LogP contribution in [0.15, 0.2) is 22.9 Å². The lowest BCUT2D eigenvalue weighted by Gasteiger charge is -2.02. The van der Waals surface area contributed by atoms with Crippen LogP contribution in [0.1, 0.15) is 12.5 Å². The van der Waals surface area contributed by atoms with Crippen molar-refractivity contribution in [2.75, 3.05) is 6.61 Å². The molecule has 5 heteroatoms. The number of nitrogens with zero attached hydrogens (tertiary/aromatic N) is 1. The second kappa shape index (κ2) is 4.85. The van der Waals surface area contributed by atoms with Crippen LogP contribution in [-0.4, -0.2) is 23.3 Å². The number of aromatic nitrogens is 1. The predicted molar refractivity (Wildman–Crippen MR) is 55.4 cm³/mol. The van der Waals surface area contributed by atoms with Gasteiger partial charge in [0.1, 0.15) is 10.3 Å². The summed E-state index contributed by atoms with van der Waals surface area (Å²) in [5.41, 5.74) is 0.276. The van der Waals surface area contributed by atoms with E-state index in [0.717, 1.165) is 0 Å². The summed E-state index contributed by atoms with van der Waals surface area (Å²) in [4.78, 5) is 15.1. The van der Waals surface area contributed by atoms with Crippen molar-refractivity contribution in [2.24, 2.45) is 0 Å². The average Bonchev–Trinajstić information content (AvgIpc) is 2.18. The van der Waals surface area contributed by atoms with Crippen molar-refractivity contribution in [2.45, 2.75) is 6.92 Å². The summed E-state index contributed by atoms with van der Waals surface area (Å²) in [7, 11) is 0. The fraction of sp³-hybridized carbons (Fsp3) is 0.222. The molecule has 14 heavy (non-hydrogen) atoms. The third-order valence-electron chi connectivity index (χ3n) is 1.50. The number of hydrogen-bond acceptors (Lipinski definition) is 4. The first-order valence-electron chi connectivity index (χ1n) is 4.02. The lowest BCUT2D eigenvalue weighted by molar-refractivity contribution is -0.135. The van der Waals surface area contributed by atoms with Gasteiger partial charge in [0.2, 0.25) is 0 Å².